The van der Waals surface area contributed by atoms with Crippen LogP contribution in [-0.2, 0) is 6.42 Å². The van der Waals surface area contributed by atoms with E-state index in [1.807, 2.05) is 4.90 Å². The molecule has 1 aromatic carbocycles. The molecule has 1 atom stereocenters. The summed E-state index contributed by atoms with van der Waals surface area (Å²) in [5.74, 6) is -2.79. The highest BCUT2D eigenvalue weighted by molar-refractivity contribution is 5.74. The van der Waals surface area contributed by atoms with Gasteiger partial charge in [0.15, 0.2) is 29.0 Å². The van der Waals surface area contributed by atoms with Crippen LogP contribution in [0.5, 0.6) is 5.75 Å². The molecule has 9 heteroatoms. The molecule has 0 bridgehead atoms. The number of hydrogen-bond acceptors (Lipinski definition) is 5. The van der Waals surface area contributed by atoms with Crippen molar-refractivity contribution in [2.24, 2.45) is 5.92 Å². The number of halogens is 3. The van der Waals surface area contributed by atoms with Gasteiger partial charge in [0.25, 0.3) is 0 Å². The molecule has 29 heavy (non-hydrogen) atoms. The summed E-state index contributed by atoms with van der Waals surface area (Å²) < 4.78 is 45.8. The van der Waals surface area contributed by atoms with Crippen molar-refractivity contribution in [3.05, 3.63) is 65.9 Å². The number of nitrogens with zero attached hydrogens (tertiary/aromatic N) is 4. The molecule has 0 amide bonds. The van der Waals surface area contributed by atoms with Crippen molar-refractivity contribution in [2.45, 2.75) is 12.8 Å². The molecule has 0 aliphatic carbocycles. The van der Waals surface area contributed by atoms with Crippen molar-refractivity contribution < 1.29 is 17.9 Å². The first-order chi connectivity index (χ1) is 14.0. The van der Waals surface area contributed by atoms with E-state index in [0.29, 0.717) is 42.2 Å². The van der Waals surface area contributed by atoms with Gasteiger partial charge in [0.2, 0.25) is 0 Å². The fourth-order valence-electron chi connectivity index (χ4n) is 3.62. The highest BCUT2D eigenvalue weighted by Crippen LogP contribution is 2.41. The van der Waals surface area contributed by atoms with Crippen LogP contribution in [0.1, 0.15) is 12.0 Å². The van der Waals surface area contributed by atoms with E-state index in [1.54, 1.807) is 25.6 Å². The SMILES string of the molecule is C=C1C(Cc2cc(F)c(F)c(F)c2)CCN1c1n[nH]c(-c2ccnnc2)c1OC. The van der Waals surface area contributed by atoms with Gasteiger partial charge in [-0.3, -0.25) is 5.10 Å². The van der Waals surface area contributed by atoms with Gasteiger partial charge in [0.05, 0.1) is 19.5 Å². The van der Waals surface area contributed by atoms with E-state index in [4.69, 9.17) is 4.74 Å². The number of methoxy groups -OCH3 is 1. The lowest BCUT2D eigenvalue weighted by molar-refractivity contribution is 0.417. The fourth-order valence-corrected chi connectivity index (χ4v) is 3.62. The predicted octanol–water partition coefficient (Wildman–Crippen LogP) is 3.88. The first-order valence-corrected chi connectivity index (χ1v) is 8.98. The van der Waals surface area contributed by atoms with Crippen molar-refractivity contribution in [3.63, 3.8) is 0 Å². The van der Waals surface area contributed by atoms with E-state index in [1.165, 1.54) is 0 Å². The maximum Gasteiger partial charge on any atom is 0.197 e. The summed E-state index contributed by atoms with van der Waals surface area (Å²) in [5, 5.41) is 15.0. The van der Waals surface area contributed by atoms with Gasteiger partial charge in [-0.25, -0.2) is 13.2 Å². The quantitative estimate of drug-likeness (QED) is 0.658. The number of allylic oxidation sites excluding steroid dienone is 1. The topological polar surface area (TPSA) is 66.9 Å². The summed E-state index contributed by atoms with van der Waals surface area (Å²) in [6.07, 6.45) is 4.22. The summed E-state index contributed by atoms with van der Waals surface area (Å²) in [6.45, 7) is 4.76. The molecule has 3 aromatic rings. The first kappa shape index (κ1) is 19.0. The smallest absolute Gasteiger partial charge is 0.197 e. The predicted molar refractivity (Wildman–Crippen MR) is 101 cm³/mol. The molecule has 1 aliphatic rings. The number of rotatable bonds is 5. The van der Waals surface area contributed by atoms with Gasteiger partial charge < -0.3 is 9.64 Å². The van der Waals surface area contributed by atoms with Gasteiger partial charge in [-0.05, 0) is 36.6 Å². The third kappa shape index (κ3) is 3.43. The van der Waals surface area contributed by atoms with Crippen LogP contribution in [0.15, 0.2) is 42.9 Å². The minimum atomic E-state index is -1.46. The molecule has 4 rings (SSSR count). The summed E-state index contributed by atoms with van der Waals surface area (Å²) in [7, 11) is 1.55. The van der Waals surface area contributed by atoms with Crippen molar-refractivity contribution in [2.75, 3.05) is 18.6 Å². The molecular formula is C20H18F3N5O. The number of anilines is 1. The zero-order valence-corrected chi connectivity index (χ0v) is 15.6. The lowest BCUT2D eigenvalue weighted by Crippen LogP contribution is -2.18. The second-order valence-electron chi connectivity index (χ2n) is 6.79. The van der Waals surface area contributed by atoms with Crippen LogP contribution >= 0.6 is 0 Å². The van der Waals surface area contributed by atoms with Gasteiger partial charge in [0.1, 0.15) is 5.69 Å². The highest BCUT2D eigenvalue weighted by Gasteiger charge is 2.32. The van der Waals surface area contributed by atoms with E-state index < -0.39 is 17.5 Å². The van der Waals surface area contributed by atoms with Gasteiger partial charge in [-0.15, -0.1) is 0 Å². The average Bonchev–Trinajstić information content (AvgIpc) is 3.30. The Kier molecular flexibility index (Phi) is 4.96. The monoisotopic (exact) mass is 401 g/mol. The largest absolute Gasteiger partial charge is 0.491 e. The fraction of sp³-hybridized carbons (Fsp3) is 0.250. The first-order valence-electron chi connectivity index (χ1n) is 8.98. The molecule has 1 saturated heterocycles. The third-order valence-corrected chi connectivity index (χ3v) is 5.08. The molecule has 150 valence electrons. The van der Waals surface area contributed by atoms with Gasteiger partial charge in [-0.1, -0.05) is 6.58 Å². The molecule has 1 N–H and O–H groups in total. The Balaban J connectivity index is 1.57. The molecular weight excluding hydrogens is 383 g/mol. The van der Waals surface area contributed by atoms with Gasteiger partial charge in [0, 0.05) is 23.7 Å². The third-order valence-electron chi connectivity index (χ3n) is 5.08. The lowest BCUT2D eigenvalue weighted by atomic mass is 9.96. The molecule has 0 spiro atoms. The Bertz CT molecular complexity index is 1030. The summed E-state index contributed by atoms with van der Waals surface area (Å²) >= 11 is 0. The second kappa shape index (κ2) is 7.57. The Morgan fingerprint density at radius 1 is 1.24 bits per heavy atom. The number of benzene rings is 1. The van der Waals surface area contributed by atoms with E-state index in [2.05, 4.69) is 27.0 Å². The van der Waals surface area contributed by atoms with Gasteiger partial charge >= 0.3 is 0 Å². The number of aromatic amines is 1. The Hall–Kier alpha value is -3.36. The number of aromatic nitrogens is 4. The molecule has 1 aliphatic heterocycles. The average molecular weight is 401 g/mol. The Morgan fingerprint density at radius 2 is 2.00 bits per heavy atom. The van der Waals surface area contributed by atoms with Crippen molar-refractivity contribution in [1.82, 2.24) is 20.4 Å². The molecule has 3 heterocycles. The summed E-state index contributed by atoms with van der Waals surface area (Å²) in [5.41, 5.74) is 2.57. The standard InChI is InChI=1S/C20H18F3N5O/c1-11-13(7-12-8-15(21)17(23)16(22)9-12)4-6-28(11)20-19(29-2)18(26-27-20)14-3-5-24-25-10-14/h3,5,8-10,13H,1,4,6-7H2,2H3,(H,26,27). The molecule has 0 saturated carbocycles. The van der Waals surface area contributed by atoms with Crippen molar-refractivity contribution >= 4 is 5.82 Å². The molecule has 1 fully saturated rings. The molecule has 0 radical (unpaired) electrons. The Labute approximate surface area is 165 Å². The number of H-pyrrole nitrogens is 1. The Morgan fingerprint density at radius 3 is 2.66 bits per heavy atom. The summed E-state index contributed by atoms with van der Waals surface area (Å²) in [6, 6.07) is 3.84. The zero-order chi connectivity index (χ0) is 20.5. The maximum absolute atomic E-state index is 13.5. The minimum absolute atomic E-state index is 0.0632. The number of nitrogens with one attached hydrogen (secondary N) is 1. The normalized spacial score (nSPS) is 16.5. The zero-order valence-electron chi connectivity index (χ0n) is 15.6. The van der Waals surface area contributed by atoms with E-state index in [-0.39, 0.29) is 5.92 Å². The van der Waals surface area contributed by atoms with Crippen molar-refractivity contribution in [3.8, 4) is 17.0 Å². The summed E-state index contributed by atoms with van der Waals surface area (Å²) in [4.78, 5) is 1.91. The second-order valence-corrected chi connectivity index (χ2v) is 6.79. The van der Waals surface area contributed by atoms with E-state index in [9.17, 15) is 13.2 Å². The van der Waals surface area contributed by atoms with Crippen LogP contribution in [0.2, 0.25) is 0 Å². The lowest BCUT2D eigenvalue weighted by Gasteiger charge is -2.20. The van der Waals surface area contributed by atoms with Crippen LogP contribution in [0.3, 0.4) is 0 Å². The molecule has 1 unspecified atom stereocenters. The molecule has 2 aromatic heterocycles. The van der Waals surface area contributed by atoms with Crippen LogP contribution in [0, 0.1) is 23.4 Å². The van der Waals surface area contributed by atoms with Gasteiger partial charge in [-0.2, -0.15) is 15.3 Å². The van der Waals surface area contributed by atoms with Crippen LogP contribution in [0.4, 0.5) is 19.0 Å². The van der Waals surface area contributed by atoms with E-state index >= 15 is 0 Å². The molecule has 6 nitrogen and oxygen atoms in total. The van der Waals surface area contributed by atoms with Crippen LogP contribution < -0.4 is 9.64 Å². The minimum Gasteiger partial charge on any atom is -0.491 e. The van der Waals surface area contributed by atoms with E-state index in [0.717, 1.165) is 23.4 Å². The van der Waals surface area contributed by atoms with Crippen molar-refractivity contribution in [1.29, 1.82) is 0 Å². The van der Waals surface area contributed by atoms with Crippen LogP contribution in [-0.4, -0.2) is 34.0 Å². The number of ether oxygens (including phenoxy) is 1. The van der Waals surface area contributed by atoms with Crippen LogP contribution in [0.25, 0.3) is 11.3 Å². The highest BCUT2D eigenvalue weighted by atomic mass is 19.2. The number of hydrogen-bond donors (Lipinski definition) is 1. The maximum atomic E-state index is 13.5.